The van der Waals surface area contributed by atoms with Crippen LogP contribution in [-0.4, -0.2) is 230 Å². The average molecular weight is 1350 g/mol. The molecule has 5 heterocycles. The summed E-state index contributed by atoms with van der Waals surface area (Å²) in [5.41, 5.74) is 34.2. The number of likely N-dealkylation sites (tertiary alicyclic amines) is 3. The second-order valence-corrected chi connectivity index (χ2v) is 25.6. The maximum atomic E-state index is 15.4. The molecule has 7 rings (SSSR count). The van der Waals surface area contributed by atoms with Crippen LogP contribution in [0.1, 0.15) is 113 Å². The summed E-state index contributed by atoms with van der Waals surface area (Å²) in [7, 11) is 0. The summed E-state index contributed by atoms with van der Waals surface area (Å²) in [4.78, 5) is 172. The molecule has 5 aliphatic rings. The van der Waals surface area contributed by atoms with E-state index in [2.05, 4.69) is 46.9 Å². The highest BCUT2D eigenvalue weighted by molar-refractivity contribution is 7.09. The van der Waals surface area contributed by atoms with E-state index in [0.717, 1.165) is 23.3 Å². The third-order valence-corrected chi connectivity index (χ3v) is 18.7. The van der Waals surface area contributed by atoms with Gasteiger partial charge in [0.1, 0.15) is 54.4 Å². The zero-order valence-electron chi connectivity index (χ0n) is 53.3. The van der Waals surface area contributed by atoms with Crippen molar-refractivity contribution in [3.8, 4) is 0 Å². The van der Waals surface area contributed by atoms with Gasteiger partial charge in [0.2, 0.25) is 59.1 Å². The first-order valence-electron chi connectivity index (χ1n) is 32.1. The van der Waals surface area contributed by atoms with Gasteiger partial charge in [0.05, 0.1) is 19.3 Å². The molecule has 4 fully saturated rings. The van der Waals surface area contributed by atoms with Crippen LogP contribution in [-0.2, 0) is 72.1 Å². The number of amides is 10. The van der Waals surface area contributed by atoms with Crippen LogP contribution < -0.4 is 66.3 Å². The molecule has 520 valence electrons. The molecule has 0 radical (unpaired) electrons. The van der Waals surface area contributed by atoms with E-state index in [1.165, 1.54) is 33.0 Å². The van der Waals surface area contributed by atoms with Gasteiger partial charge in [-0.05, 0) is 99.1 Å². The van der Waals surface area contributed by atoms with Gasteiger partial charge in [0.15, 0.2) is 17.9 Å². The van der Waals surface area contributed by atoms with E-state index in [0.29, 0.717) is 29.7 Å². The number of fused-ring (bicyclic) bond motifs is 2. The van der Waals surface area contributed by atoms with Gasteiger partial charge in [0, 0.05) is 76.4 Å². The number of aliphatic carboxylic acids is 1. The van der Waals surface area contributed by atoms with E-state index in [9.17, 15) is 63.3 Å². The monoisotopic (exact) mass is 1350 g/mol. The molecule has 12 atom stereocenters. The number of hydrogen-bond donors (Lipinski definition) is 15. The normalized spacial score (nSPS) is 22.0. The van der Waals surface area contributed by atoms with Gasteiger partial charge in [-0.15, -0.1) is 11.3 Å². The van der Waals surface area contributed by atoms with E-state index in [1.807, 2.05) is 6.07 Å². The highest BCUT2D eigenvalue weighted by Gasteiger charge is 2.52. The van der Waals surface area contributed by atoms with E-state index < -0.39 is 145 Å². The Morgan fingerprint density at radius 2 is 1.22 bits per heavy atom. The number of nitrogens with one attached hydrogen (secondary N) is 6. The zero-order valence-corrected chi connectivity index (χ0v) is 54.1. The first-order valence-corrected chi connectivity index (χ1v) is 33.0. The van der Waals surface area contributed by atoms with Crippen molar-refractivity contribution >= 4 is 94.3 Å². The lowest BCUT2D eigenvalue weighted by atomic mass is 9.84. The minimum Gasteiger partial charge on any atom is -0.480 e. The summed E-state index contributed by atoms with van der Waals surface area (Å²) in [6, 6.07) is -1.35. The first kappa shape index (κ1) is 73.2. The Morgan fingerprint density at radius 1 is 0.611 bits per heavy atom. The minimum absolute atomic E-state index is 0.00438. The van der Waals surface area contributed by atoms with Crippen molar-refractivity contribution in [2.45, 2.75) is 183 Å². The number of nitrogens with zero attached hydrogens (tertiary/aromatic N) is 7. The van der Waals surface area contributed by atoms with Crippen LogP contribution in [0.3, 0.4) is 0 Å². The Balaban J connectivity index is 1.03. The predicted molar refractivity (Wildman–Crippen MR) is 347 cm³/mol. The zero-order chi connectivity index (χ0) is 69.0. The number of β-amino-alcohol motifs (C(OH)–C–C–N with tert-alkyl or cyclic N) is 1. The molecule has 1 aromatic heterocycles. The van der Waals surface area contributed by atoms with Crippen LogP contribution in [0.4, 0.5) is 0 Å². The average Bonchev–Trinajstić information content (AvgIpc) is 1.71. The van der Waals surface area contributed by atoms with Crippen molar-refractivity contribution in [1.29, 1.82) is 0 Å². The van der Waals surface area contributed by atoms with Crippen molar-refractivity contribution < 1.29 is 68.1 Å². The molecule has 1 aliphatic carbocycles. The van der Waals surface area contributed by atoms with E-state index in [-0.39, 0.29) is 134 Å². The molecule has 21 N–H and O–H groups in total. The SMILES string of the molecule is CC(=O)N[C@H](CCCN=C(N)N)C(=O)N[C@@H](CCCN=C(N)N)C(=O)N1CCC[C@H]1C(=O)N1C[C@H](O)C[C@H]1C(=O)NCC(=O)N[C@@H](Cc1cccs1)C(=O)N[C@@H](CO)C(=O)N1Cc2ccccc2C[C@@H]1C(=O)N1[C@H](C(=O)N[C@@H](CCCN=C(N)N)C(=O)O)C[C@@H]2CCCC[C@@H]21. The molecule has 1 saturated carbocycles. The van der Waals surface area contributed by atoms with Gasteiger partial charge < -0.3 is 101 Å². The second kappa shape index (κ2) is 34.8. The molecule has 2 aromatic rings. The standard InChI is InChI=1S/C61H91N19O14S/c1-33(82)72-39(15-6-20-68-59(62)63)50(85)74-40(16-7-21-69-60(64)65)54(89)77-23-9-19-45(77)56(91)79-31-37(83)27-46(79)52(87)71-29-49(84)73-42(28-38-14-10-24-95-38)51(86)76-43(32-81)55(90)78-30-36-13-3-2-11-34(36)25-48(78)57(92)80-44-18-5-4-12-35(44)26-47(80)53(88)75-41(58(93)94)17-8-22-70-61(66)67/h2-3,10-11,13-14,24,35,37,39-48,81,83H,4-9,12,15-23,25-32H2,1H3,(H,71,87)(H,72,82)(H,73,84)(H,74,85)(H,75,88)(H,76,86)(H,93,94)(H4,62,63,68)(H4,64,65,69)(H4,66,67,70)/t35-,37+,39+,40-,41-,42-,43-,44-,45-,46-,47-,48+/m0/s1. The molecule has 95 heavy (non-hydrogen) atoms. The minimum atomic E-state index is -1.68. The number of guanidine groups is 3. The van der Waals surface area contributed by atoms with Gasteiger partial charge in [-0.25, -0.2) is 4.79 Å². The number of aliphatic imine (C=N–C) groups is 3. The highest BCUT2D eigenvalue weighted by atomic mass is 32.1. The largest absolute Gasteiger partial charge is 0.480 e. The van der Waals surface area contributed by atoms with E-state index in [4.69, 9.17) is 34.4 Å². The molecule has 0 unspecified atom stereocenters. The maximum Gasteiger partial charge on any atom is 0.326 e. The number of hydrogen-bond acceptors (Lipinski definition) is 17. The van der Waals surface area contributed by atoms with Gasteiger partial charge in [-0.2, -0.15) is 0 Å². The van der Waals surface area contributed by atoms with Crippen LogP contribution >= 0.6 is 11.3 Å². The third-order valence-electron chi connectivity index (χ3n) is 17.8. The van der Waals surface area contributed by atoms with Crippen LogP contribution in [0, 0.1) is 5.92 Å². The molecular formula is C61H91N19O14S. The van der Waals surface area contributed by atoms with Crippen LogP contribution in [0.15, 0.2) is 56.8 Å². The van der Waals surface area contributed by atoms with Crippen molar-refractivity contribution in [2.24, 2.45) is 55.3 Å². The lowest BCUT2D eigenvalue weighted by molar-refractivity contribution is -0.153. The van der Waals surface area contributed by atoms with Gasteiger partial charge in [0.25, 0.3) is 0 Å². The number of nitrogens with two attached hydrogens (primary N) is 6. The fourth-order valence-corrected chi connectivity index (χ4v) is 14.0. The lowest BCUT2D eigenvalue weighted by Crippen LogP contribution is -2.63. The fourth-order valence-electron chi connectivity index (χ4n) is 13.3. The lowest BCUT2D eigenvalue weighted by Gasteiger charge is -2.42. The van der Waals surface area contributed by atoms with Crippen LogP contribution in [0.25, 0.3) is 0 Å². The second-order valence-electron chi connectivity index (χ2n) is 24.6. The number of carboxylic acids is 1. The number of carboxylic acid groups (broad SMARTS) is 1. The first-order chi connectivity index (χ1) is 45.3. The summed E-state index contributed by atoms with van der Waals surface area (Å²) >= 11 is 1.27. The maximum absolute atomic E-state index is 15.4. The van der Waals surface area contributed by atoms with Crippen molar-refractivity contribution in [2.75, 3.05) is 45.9 Å². The molecule has 33 nitrogen and oxygen atoms in total. The fraction of sp³-hybridized carbons (Fsp3) is 0.607. The molecule has 3 saturated heterocycles. The van der Waals surface area contributed by atoms with Crippen molar-refractivity contribution in [3.05, 3.63) is 57.8 Å². The Labute approximate surface area is 553 Å². The third kappa shape index (κ3) is 20.2. The molecule has 0 spiro atoms. The van der Waals surface area contributed by atoms with E-state index >= 15 is 4.79 Å². The summed E-state index contributed by atoms with van der Waals surface area (Å²) < 4.78 is 0. The molecule has 34 heteroatoms. The molecule has 4 aliphatic heterocycles. The Morgan fingerprint density at radius 3 is 1.84 bits per heavy atom. The number of rotatable bonds is 31. The summed E-state index contributed by atoms with van der Waals surface area (Å²) in [5, 5.41) is 49.4. The van der Waals surface area contributed by atoms with Crippen LogP contribution in [0.5, 0.6) is 0 Å². The number of carbonyl (C=O) groups excluding carboxylic acids is 10. The highest BCUT2D eigenvalue weighted by Crippen LogP contribution is 2.41. The number of carbonyl (C=O) groups is 11. The van der Waals surface area contributed by atoms with Crippen molar-refractivity contribution in [3.63, 3.8) is 0 Å². The molecular weight excluding hydrogens is 1250 g/mol. The van der Waals surface area contributed by atoms with Gasteiger partial charge in [-0.3, -0.25) is 62.9 Å². The Bertz CT molecular complexity index is 3180. The van der Waals surface area contributed by atoms with E-state index in [1.54, 1.807) is 35.7 Å². The number of thiophene rings is 1. The molecule has 0 bridgehead atoms. The summed E-state index contributed by atoms with van der Waals surface area (Å²) in [5.74, 6) is -9.12. The molecule has 10 amide bonds. The number of aliphatic hydroxyl groups excluding tert-OH is 2. The van der Waals surface area contributed by atoms with Gasteiger partial charge >= 0.3 is 5.97 Å². The topological polar surface area (TPSA) is 527 Å². The van der Waals surface area contributed by atoms with Crippen LogP contribution in [0.2, 0.25) is 0 Å². The predicted octanol–water partition coefficient (Wildman–Crippen LogP) is -4.85. The Kier molecular flexibility index (Phi) is 26.8. The van der Waals surface area contributed by atoms with Gasteiger partial charge in [-0.1, -0.05) is 43.2 Å². The quantitative estimate of drug-likeness (QED) is 0.0191. The number of aliphatic hydroxyl groups is 2. The summed E-state index contributed by atoms with van der Waals surface area (Å²) in [6.45, 7) is -0.436. The smallest absolute Gasteiger partial charge is 0.326 e. The summed E-state index contributed by atoms with van der Waals surface area (Å²) in [6.07, 6.45) is 2.99. The molecule has 1 aromatic carbocycles. The number of benzene rings is 1. The van der Waals surface area contributed by atoms with Crippen molar-refractivity contribution in [1.82, 2.24) is 51.5 Å². The Hall–Kier alpha value is -9.18.